The molecule has 0 spiro atoms. The number of thiocarbonyl (C=S) groups is 1. The Morgan fingerprint density at radius 3 is 3.06 bits per heavy atom. The van der Waals surface area contributed by atoms with Gasteiger partial charge in [0, 0.05) is 18.2 Å². The zero-order valence-corrected chi connectivity index (χ0v) is 11.3. The second-order valence-corrected chi connectivity index (χ2v) is 4.94. The quantitative estimate of drug-likeness (QED) is 0.838. The van der Waals surface area contributed by atoms with Gasteiger partial charge in [0.25, 0.3) is 0 Å². The molecule has 1 heterocycles. The largest absolute Gasteiger partial charge is 0.376 e. The molecule has 2 N–H and O–H groups in total. The van der Waals surface area contributed by atoms with Crippen molar-refractivity contribution in [3.63, 3.8) is 0 Å². The van der Waals surface area contributed by atoms with Crippen molar-refractivity contribution >= 4 is 34.6 Å². The Kier molecular flexibility index (Phi) is 4.74. The summed E-state index contributed by atoms with van der Waals surface area (Å²) in [5.41, 5.74) is 0.309. The number of ether oxygens (including phenoxy) is 1. The zero-order chi connectivity index (χ0) is 13.0. The van der Waals surface area contributed by atoms with E-state index in [0.29, 0.717) is 22.4 Å². The van der Waals surface area contributed by atoms with E-state index in [9.17, 15) is 4.39 Å². The third kappa shape index (κ3) is 3.80. The number of hydrogen-bond acceptors (Lipinski definition) is 2. The minimum Gasteiger partial charge on any atom is -0.376 e. The second-order valence-electron chi connectivity index (χ2n) is 4.09. The van der Waals surface area contributed by atoms with Crippen LogP contribution >= 0.6 is 23.8 Å². The molecule has 6 heteroatoms. The molecule has 0 radical (unpaired) electrons. The van der Waals surface area contributed by atoms with Crippen molar-refractivity contribution in [3.8, 4) is 0 Å². The molecule has 1 aromatic rings. The summed E-state index contributed by atoms with van der Waals surface area (Å²) in [4.78, 5) is 0. The SMILES string of the molecule is Fc1cc(Cl)ccc1NC(=S)NCC1CCCO1. The van der Waals surface area contributed by atoms with Gasteiger partial charge >= 0.3 is 0 Å². The van der Waals surface area contributed by atoms with E-state index < -0.39 is 5.82 Å². The zero-order valence-electron chi connectivity index (χ0n) is 9.71. The van der Waals surface area contributed by atoms with Gasteiger partial charge < -0.3 is 15.4 Å². The molecular weight excluding hydrogens is 275 g/mol. The van der Waals surface area contributed by atoms with Crippen LogP contribution in [-0.4, -0.2) is 24.4 Å². The summed E-state index contributed by atoms with van der Waals surface area (Å²) in [7, 11) is 0. The number of rotatable bonds is 3. The van der Waals surface area contributed by atoms with Crippen molar-refractivity contribution in [2.24, 2.45) is 0 Å². The van der Waals surface area contributed by atoms with Crippen LogP contribution in [0.25, 0.3) is 0 Å². The van der Waals surface area contributed by atoms with E-state index in [1.807, 2.05) is 0 Å². The van der Waals surface area contributed by atoms with E-state index in [0.717, 1.165) is 19.4 Å². The first-order chi connectivity index (χ1) is 8.65. The lowest BCUT2D eigenvalue weighted by atomic mass is 10.2. The Balaban J connectivity index is 1.82. The maximum absolute atomic E-state index is 13.5. The molecule has 98 valence electrons. The van der Waals surface area contributed by atoms with Crippen molar-refractivity contribution in [1.82, 2.24) is 5.32 Å². The van der Waals surface area contributed by atoms with E-state index in [1.165, 1.54) is 6.07 Å². The van der Waals surface area contributed by atoms with Crippen molar-refractivity contribution in [1.29, 1.82) is 0 Å². The second kappa shape index (κ2) is 6.31. The highest BCUT2D eigenvalue weighted by atomic mass is 35.5. The Morgan fingerprint density at radius 2 is 2.39 bits per heavy atom. The number of benzene rings is 1. The molecule has 0 saturated carbocycles. The van der Waals surface area contributed by atoms with Gasteiger partial charge in [0.2, 0.25) is 0 Å². The van der Waals surface area contributed by atoms with Crippen LogP contribution in [0.1, 0.15) is 12.8 Å². The van der Waals surface area contributed by atoms with Gasteiger partial charge in [-0.15, -0.1) is 0 Å². The fourth-order valence-electron chi connectivity index (χ4n) is 1.77. The lowest BCUT2D eigenvalue weighted by molar-refractivity contribution is 0.114. The molecule has 3 nitrogen and oxygen atoms in total. The minimum absolute atomic E-state index is 0.194. The van der Waals surface area contributed by atoms with Gasteiger partial charge in [-0.2, -0.15) is 0 Å². The third-order valence-corrected chi connectivity index (χ3v) is 3.18. The molecule has 1 aliphatic heterocycles. The van der Waals surface area contributed by atoms with E-state index in [-0.39, 0.29) is 6.10 Å². The maximum atomic E-state index is 13.5. The fraction of sp³-hybridized carbons (Fsp3) is 0.417. The molecule has 0 aromatic heterocycles. The molecule has 1 saturated heterocycles. The standard InChI is InChI=1S/C12H14ClFN2OS/c13-8-3-4-11(10(14)6-8)16-12(18)15-7-9-2-1-5-17-9/h3-4,6,9H,1-2,5,7H2,(H2,15,16,18). The average molecular weight is 289 g/mol. The van der Waals surface area contributed by atoms with E-state index in [4.69, 9.17) is 28.6 Å². The highest BCUT2D eigenvalue weighted by Gasteiger charge is 2.15. The summed E-state index contributed by atoms with van der Waals surface area (Å²) in [5, 5.41) is 6.54. The minimum atomic E-state index is -0.427. The summed E-state index contributed by atoms with van der Waals surface area (Å²) in [6.45, 7) is 1.44. The smallest absolute Gasteiger partial charge is 0.170 e. The summed E-state index contributed by atoms with van der Waals surface area (Å²) in [6.07, 6.45) is 2.31. The summed E-state index contributed by atoms with van der Waals surface area (Å²) >= 11 is 10.8. The van der Waals surface area contributed by atoms with Crippen molar-refractivity contribution in [2.45, 2.75) is 18.9 Å². The van der Waals surface area contributed by atoms with E-state index in [1.54, 1.807) is 12.1 Å². The third-order valence-electron chi connectivity index (χ3n) is 2.69. The van der Waals surface area contributed by atoms with Crippen LogP contribution < -0.4 is 10.6 Å². The van der Waals surface area contributed by atoms with Crippen molar-refractivity contribution in [2.75, 3.05) is 18.5 Å². The van der Waals surface area contributed by atoms with Gasteiger partial charge in [0.05, 0.1) is 11.8 Å². The first-order valence-corrected chi connectivity index (χ1v) is 6.55. The Morgan fingerprint density at radius 1 is 1.56 bits per heavy atom. The average Bonchev–Trinajstić information content (AvgIpc) is 2.83. The van der Waals surface area contributed by atoms with E-state index in [2.05, 4.69) is 10.6 Å². The van der Waals surface area contributed by atoms with Crippen LogP contribution in [0.3, 0.4) is 0 Å². The predicted octanol–water partition coefficient (Wildman–Crippen LogP) is 2.94. The fourth-order valence-corrected chi connectivity index (χ4v) is 2.12. The van der Waals surface area contributed by atoms with Crippen LogP contribution in [0.15, 0.2) is 18.2 Å². The van der Waals surface area contributed by atoms with Crippen LogP contribution in [-0.2, 0) is 4.74 Å². The number of nitrogens with one attached hydrogen (secondary N) is 2. The topological polar surface area (TPSA) is 33.3 Å². The molecule has 18 heavy (non-hydrogen) atoms. The van der Waals surface area contributed by atoms with Gasteiger partial charge in [-0.1, -0.05) is 11.6 Å². The van der Waals surface area contributed by atoms with Crippen molar-refractivity contribution in [3.05, 3.63) is 29.0 Å². The van der Waals surface area contributed by atoms with Gasteiger partial charge in [-0.25, -0.2) is 4.39 Å². The summed E-state index contributed by atoms with van der Waals surface area (Å²) in [5.74, 6) is -0.427. The maximum Gasteiger partial charge on any atom is 0.170 e. The lowest BCUT2D eigenvalue weighted by Gasteiger charge is -2.14. The lowest BCUT2D eigenvalue weighted by Crippen LogP contribution is -2.35. The molecule has 0 amide bonds. The number of hydrogen-bond donors (Lipinski definition) is 2. The summed E-state index contributed by atoms with van der Waals surface area (Å²) < 4.78 is 18.9. The molecule has 1 atom stereocenters. The molecule has 1 unspecified atom stereocenters. The van der Waals surface area contributed by atoms with Crippen molar-refractivity contribution < 1.29 is 9.13 Å². The van der Waals surface area contributed by atoms with Gasteiger partial charge in [0.1, 0.15) is 5.82 Å². The number of halogens is 2. The van der Waals surface area contributed by atoms with E-state index >= 15 is 0 Å². The summed E-state index contributed by atoms with van der Waals surface area (Å²) in [6, 6.07) is 4.40. The molecular formula is C12H14ClFN2OS. The molecule has 0 aliphatic carbocycles. The van der Waals surface area contributed by atoms with Crippen LogP contribution in [0.5, 0.6) is 0 Å². The monoisotopic (exact) mass is 288 g/mol. The predicted molar refractivity (Wildman–Crippen MR) is 74.6 cm³/mol. The molecule has 1 aliphatic rings. The van der Waals surface area contributed by atoms with Gasteiger partial charge in [-0.05, 0) is 43.3 Å². The van der Waals surface area contributed by atoms with Gasteiger partial charge in [0.15, 0.2) is 5.11 Å². The number of anilines is 1. The normalized spacial score (nSPS) is 18.7. The molecule has 1 aromatic carbocycles. The Labute approximate surface area is 116 Å². The Hall–Kier alpha value is -0.910. The van der Waals surface area contributed by atoms with Crippen LogP contribution in [0, 0.1) is 5.82 Å². The Bertz CT molecular complexity index is 438. The highest BCUT2D eigenvalue weighted by molar-refractivity contribution is 7.80. The molecule has 0 bridgehead atoms. The van der Waals surface area contributed by atoms with Crippen LogP contribution in [0.2, 0.25) is 5.02 Å². The highest BCUT2D eigenvalue weighted by Crippen LogP contribution is 2.18. The first kappa shape index (κ1) is 13.5. The molecule has 1 fully saturated rings. The molecule has 2 rings (SSSR count). The van der Waals surface area contributed by atoms with Gasteiger partial charge in [-0.3, -0.25) is 0 Å². The first-order valence-electron chi connectivity index (χ1n) is 5.76. The van der Waals surface area contributed by atoms with Crippen LogP contribution in [0.4, 0.5) is 10.1 Å².